The number of rotatable bonds is 6. The number of hydrogen-bond acceptors (Lipinski definition) is 3. The molecule has 0 radical (unpaired) electrons. The lowest BCUT2D eigenvalue weighted by atomic mass is 10.0. The van der Waals surface area contributed by atoms with Crippen LogP contribution < -0.4 is 5.32 Å². The van der Waals surface area contributed by atoms with Crippen molar-refractivity contribution in [3.05, 3.63) is 63.9 Å². The molecule has 1 amide bonds. The minimum absolute atomic E-state index is 0.114. The summed E-state index contributed by atoms with van der Waals surface area (Å²) in [5, 5.41) is 6.85. The number of nitrogens with one attached hydrogen (secondary N) is 1. The summed E-state index contributed by atoms with van der Waals surface area (Å²) in [5.41, 5.74) is 3.30. The van der Waals surface area contributed by atoms with E-state index >= 15 is 0 Å². The van der Waals surface area contributed by atoms with Crippen LogP contribution in [-0.2, 0) is 9.53 Å². The van der Waals surface area contributed by atoms with Gasteiger partial charge in [-0.05, 0) is 46.5 Å². The molecule has 110 valence electrons. The fourth-order valence-electron chi connectivity index (χ4n) is 2.06. The number of ether oxygens (including phenoxy) is 1. The molecule has 21 heavy (non-hydrogen) atoms. The Hall–Kier alpha value is -1.91. The van der Waals surface area contributed by atoms with E-state index in [2.05, 4.69) is 5.32 Å². The van der Waals surface area contributed by atoms with Gasteiger partial charge in [0.05, 0.1) is 6.10 Å². The highest BCUT2D eigenvalue weighted by Crippen LogP contribution is 2.19. The zero-order valence-electron chi connectivity index (χ0n) is 12.2. The Labute approximate surface area is 129 Å². The zero-order chi connectivity index (χ0) is 15.1. The molecule has 1 N–H and O–H groups in total. The smallest absolute Gasteiger partial charge is 0.244 e. The molecule has 0 unspecified atom stereocenters. The van der Waals surface area contributed by atoms with Gasteiger partial charge in [0.1, 0.15) is 0 Å². The van der Waals surface area contributed by atoms with E-state index in [9.17, 15) is 4.79 Å². The lowest BCUT2D eigenvalue weighted by molar-refractivity contribution is -0.117. The van der Waals surface area contributed by atoms with E-state index in [0.717, 1.165) is 16.7 Å². The molecular formula is C17H19NO2S. The third-order valence-corrected chi connectivity index (χ3v) is 3.95. The molecule has 1 aromatic carbocycles. The van der Waals surface area contributed by atoms with E-state index in [1.165, 1.54) is 0 Å². The molecule has 0 bridgehead atoms. The van der Waals surface area contributed by atoms with Crippen molar-refractivity contribution in [2.75, 3.05) is 13.7 Å². The molecule has 1 atom stereocenters. The van der Waals surface area contributed by atoms with Gasteiger partial charge in [-0.2, -0.15) is 11.3 Å². The van der Waals surface area contributed by atoms with Gasteiger partial charge in [-0.1, -0.05) is 24.3 Å². The molecule has 0 saturated heterocycles. The number of carbonyl (C=O) groups is 1. The number of carbonyl (C=O) groups excluding carboxylic acids is 1. The summed E-state index contributed by atoms with van der Waals surface area (Å²) in [6.45, 7) is 2.49. The van der Waals surface area contributed by atoms with Gasteiger partial charge in [-0.15, -0.1) is 0 Å². The van der Waals surface area contributed by atoms with Crippen molar-refractivity contribution in [2.45, 2.75) is 13.0 Å². The first kappa shape index (κ1) is 15.5. The normalized spacial score (nSPS) is 12.5. The molecule has 0 fully saturated rings. The van der Waals surface area contributed by atoms with Gasteiger partial charge >= 0.3 is 0 Å². The summed E-state index contributed by atoms with van der Waals surface area (Å²) in [6, 6.07) is 10.0. The van der Waals surface area contributed by atoms with Crippen LogP contribution in [0.3, 0.4) is 0 Å². The Bertz CT molecular complexity index is 605. The molecule has 2 aromatic rings. The largest absolute Gasteiger partial charge is 0.375 e. The zero-order valence-corrected chi connectivity index (χ0v) is 13.0. The maximum Gasteiger partial charge on any atom is 0.244 e. The fourth-order valence-corrected chi connectivity index (χ4v) is 2.69. The summed E-state index contributed by atoms with van der Waals surface area (Å²) < 4.78 is 5.48. The minimum Gasteiger partial charge on any atom is -0.375 e. The monoisotopic (exact) mass is 301 g/mol. The molecule has 0 aliphatic heterocycles. The first-order chi connectivity index (χ1) is 10.2. The molecule has 0 aliphatic rings. The predicted molar refractivity (Wildman–Crippen MR) is 87.3 cm³/mol. The van der Waals surface area contributed by atoms with E-state index < -0.39 is 0 Å². The van der Waals surface area contributed by atoms with Gasteiger partial charge in [-0.3, -0.25) is 4.79 Å². The van der Waals surface area contributed by atoms with E-state index in [-0.39, 0.29) is 12.0 Å². The fraction of sp³-hybridized carbons (Fsp3) is 0.235. The molecule has 0 saturated carbocycles. The molecular weight excluding hydrogens is 282 g/mol. The highest BCUT2D eigenvalue weighted by molar-refractivity contribution is 7.08. The first-order valence-electron chi connectivity index (χ1n) is 6.77. The van der Waals surface area contributed by atoms with Crippen molar-refractivity contribution in [1.82, 2.24) is 5.32 Å². The van der Waals surface area contributed by atoms with Crippen LogP contribution in [0.25, 0.3) is 6.08 Å². The van der Waals surface area contributed by atoms with E-state index in [4.69, 9.17) is 4.74 Å². The Kier molecular flexibility index (Phi) is 5.72. The predicted octanol–water partition coefficient (Wildman–Crippen LogP) is 3.57. The highest BCUT2D eigenvalue weighted by Gasteiger charge is 2.13. The van der Waals surface area contributed by atoms with Crippen molar-refractivity contribution in [1.29, 1.82) is 0 Å². The molecule has 2 rings (SSSR count). The number of benzene rings is 1. The van der Waals surface area contributed by atoms with Crippen molar-refractivity contribution in [2.24, 2.45) is 0 Å². The average molecular weight is 301 g/mol. The first-order valence-corrected chi connectivity index (χ1v) is 7.71. The van der Waals surface area contributed by atoms with Gasteiger partial charge in [0, 0.05) is 19.7 Å². The topological polar surface area (TPSA) is 38.3 Å². The maximum absolute atomic E-state index is 11.8. The van der Waals surface area contributed by atoms with Crippen molar-refractivity contribution in [3.8, 4) is 0 Å². The summed E-state index contributed by atoms with van der Waals surface area (Å²) in [7, 11) is 1.66. The molecule has 4 heteroatoms. The number of thiophene rings is 1. The van der Waals surface area contributed by atoms with Crippen molar-refractivity contribution < 1.29 is 9.53 Å². The summed E-state index contributed by atoms with van der Waals surface area (Å²) in [4.78, 5) is 11.8. The van der Waals surface area contributed by atoms with Crippen LogP contribution in [0.15, 0.2) is 47.2 Å². The highest BCUT2D eigenvalue weighted by atomic mass is 32.1. The number of methoxy groups -OCH3 is 1. The third kappa shape index (κ3) is 4.55. The average Bonchev–Trinajstić information content (AvgIpc) is 3.01. The van der Waals surface area contributed by atoms with Crippen LogP contribution in [0.4, 0.5) is 0 Å². The molecule has 1 aromatic heterocycles. The lowest BCUT2D eigenvalue weighted by Crippen LogP contribution is -2.27. The van der Waals surface area contributed by atoms with Crippen LogP contribution in [0.2, 0.25) is 0 Å². The quantitative estimate of drug-likeness (QED) is 0.828. The van der Waals surface area contributed by atoms with Crippen LogP contribution in [0, 0.1) is 6.92 Å². The van der Waals surface area contributed by atoms with E-state index in [1.807, 2.05) is 48.0 Å². The van der Waals surface area contributed by atoms with Crippen LogP contribution in [0.1, 0.15) is 22.8 Å². The maximum atomic E-state index is 11.8. The van der Waals surface area contributed by atoms with E-state index in [1.54, 1.807) is 30.6 Å². The SMILES string of the molecule is CO[C@@H](CNC(=O)/C=C/c1ccsc1)c1ccccc1C. The molecule has 3 nitrogen and oxygen atoms in total. The van der Waals surface area contributed by atoms with Crippen LogP contribution >= 0.6 is 11.3 Å². The Balaban J connectivity index is 1.91. The van der Waals surface area contributed by atoms with E-state index in [0.29, 0.717) is 6.54 Å². The molecule has 0 spiro atoms. The van der Waals surface area contributed by atoms with Gasteiger partial charge in [0.2, 0.25) is 5.91 Å². The Morgan fingerprint density at radius 3 is 2.86 bits per heavy atom. The standard InChI is InChI=1S/C17H19NO2S/c1-13-5-3-4-6-15(13)16(20-2)11-18-17(19)8-7-14-9-10-21-12-14/h3-10,12,16H,11H2,1-2H3,(H,18,19)/b8-7+/t16-/m0/s1. The number of amides is 1. The third-order valence-electron chi connectivity index (χ3n) is 3.25. The van der Waals surface area contributed by atoms with Crippen molar-refractivity contribution >= 4 is 23.3 Å². The summed E-state index contributed by atoms with van der Waals surface area (Å²) >= 11 is 1.61. The molecule has 0 aliphatic carbocycles. The molecule has 1 heterocycles. The summed E-state index contributed by atoms with van der Waals surface area (Å²) in [5.74, 6) is -0.114. The van der Waals surface area contributed by atoms with Crippen LogP contribution in [0.5, 0.6) is 0 Å². The van der Waals surface area contributed by atoms with Crippen molar-refractivity contribution in [3.63, 3.8) is 0 Å². The lowest BCUT2D eigenvalue weighted by Gasteiger charge is -2.18. The Morgan fingerprint density at radius 1 is 1.38 bits per heavy atom. The minimum atomic E-state index is -0.135. The second-order valence-corrected chi connectivity index (χ2v) is 5.50. The van der Waals surface area contributed by atoms with Gasteiger partial charge < -0.3 is 10.1 Å². The number of aryl methyl sites for hydroxylation is 1. The van der Waals surface area contributed by atoms with Crippen LogP contribution in [-0.4, -0.2) is 19.6 Å². The Morgan fingerprint density at radius 2 is 2.19 bits per heavy atom. The summed E-state index contributed by atoms with van der Waals surface area (Å²) in [6.07, 6.45) is 3.22. The van der Waals surface area contributed by atoms with Gasteiger partial charge in [0.15, 0.2) is 0 Å². The van der Waals surface area contributed by atoms with Gasteiger partial charge in [-0.25, -0.2) is 0 Å². The second-order valence-electron chi connectivity index (χ2n) is 4.72. The van der Waals surface area contributed by atoms with Gasteiger partial charge in [0.25, 0.3) is 0 Å². The number of hydrogen-bond donors (Lipinski definition) is 1. The second kappa shape index (κ2) is 7.76.